The van der Waals surface area contributed by atoms with E-state index in [-0.39, 0.29) is 17.6 Å². The molecule has 1 unspecified atom stereocenters. The quantitative estimate of drug-likeness (QED) is 0.892. The molecular formula is C16H16N4O3. The van der Waals surface area contributed by atoms with Gasteiger partial charge in [-0.15, -0.1) is 0 Å². The highest BCUT2D eigenvalue weighted by Crippen LogP contribution is 2.23. The van der Waals surface area contributed by atoms with E-state index in [1.807, 2.05) is 31.2 Å². The van der Waals surface area contributed by atoms with Gasteiger partial charge < -0.3 is 15.3 Å². The van der Waals surface area contributed by atoms with Crippen LogP contribution in [0.3, 0.4) is 0 Å². The second-order valence-electron chi connectivity index (χ2n) is 5.40. The Bertz CT molecular complexity index is 728. The van der Waals surface area contributed by atoms with Crippen molar-refractivity contribution in [2.45, 2.75) is 19.4 Å². The molecular weight excluding hydrogens is 296 g/mol. The van der Waals surface area contributed by atoms with Crippen molar-refractivity contribution in [3.63, 3.8) is 0 Å². The van der Waals surface area contributed by atoms with Crippen LogP contribution in [0.15, 0.2) is 36.7 Å². The van der Waals surface area contributed by atoms with Gasteiger partial charge in [-0.1, -0.05) is 17.7 Å². The summed E-state index contributed by atoms with van der Waals surface area (Å²) in [6, 6.07) is 7.41. The molecule has 118 valence electrons. The number of aromatic carboxylic acids is 1. The number of hydrogen-bond acceptors (Lipinski definition) is 5. The first kappa shape index (κ1) is 15.0. The Morgan fingerprint density at radius 2 is 2.00 bits per heavy atom. The number of nitrogens with zero attached hydrogens (tertiary/aromatic N) is 3. The van der Waals surface area contributed by atoms with E-state index in [2.05, 4.69) is 15.3 Å². The van der Waals surface area contributed by atoms with E-state index in [4.69, 9.17) is 5.11 Å². The maximum absolute atomic E-state index is 12.5. The van der Waals surface area contributed by atoms with E-state index >= 15 is 0 Å². The molecule has 1 amide bonds. The highest BCUT2D eigenvalue weighted by Gasteiger charge is 2.32. The Kier molecular flexibility index (Phi) is 3.92. The normalized spacial score (nSPS) is 17.3. The fraction of sp³-hybridized carbons (Fsp3) is 0.250. The molecule has 0 saturated carbocycles. The van der Waals surface area contributed by atoms with Gasteiger partial charge in [0.15, 0.2) is 5.69 Å². The summed E-state index contributed by atoms with van der Waals surface area (Å²) in [5.74, 6) is -0.774. The standard InChI is InChI=1S/C16H16N4O3/c1-10-2-4-11(5-3-10)20-7-6-12(15(20)21)19-14-9-17-13(8-18-14)16(22)23/h2-5,8-9,12H,6-7H2,1H3,(H,18,19)(H,22,23). The lowest BCUT2D eigenvalue weighted by molar-refractivity contribution is -0.117. The minimum absolute atomic E-state index is 0.0297. The highest BCUT2D eigenvalue weighted by atomic mass is 16.4. The largest absolute Gasteiger partial charge is 0.476 e. The number of amides is 1. The lowest BCUT2D eigenvalue weighted by Gasteiger charge is -2.17. The van der Waals surface area contributed by atoms with E-state index < -0.39 is 5.97 Å². The minimum Gasteiger partial charge on any atom is -0.476 e. The second-order valence-corrected chi connectivity index (χ2v) is 5.40. The monoisotopic (exact) mass is 312 g/mol. The van der Waals surface area contributed by atoms with Crippen molar-refractivity contribution >= 4 is 23.4 Å². The Labute approximate surface area is 133 Å². The molecule has 1 aromatic heterocycles. The van der Waals surface area contributed by atoms with Crippen LogP contribution in [0.4, 0.5) is 11.5 Å². The molecule has 0 bridgehead atoms. The van der Waals surface area contributed by atoms with Gasteiger partial charge in [0.25, 0.3) is 0 Å². The van der Waals surface area contributed by atoms with Gasteiger partial charge in [0.2, 0.25) is 5.91 Å². The fourth-order valence-corrected chi connectivity index (χ4v) is 2.49. The van der Waals surface area contributed by atoms with Crippen LogP contribution >= 0.6 is 0 Å². The number of anilines is 2. The number of aryl methyl sites for hydroxylation is 1. The summed E-state index contributed by atoms with van der Waals surface area (Å²) in [7, 11) is 0. The zero-order valence-electron chi connectivity index (χ0n) is 12.6. The van der Waals surface area contributed by atoms with Gasteiger partial charge in [-0.2, -0.15) is 0 Å². The van der Waals surface area contributed by atoms with Gasteiger partial charge in [0.05, 0.1) is 12.4 Å². The number of benzene rings is 1. The molecule has 1 fully saturated rings. The van der Waals surface area contributed by atoms with Crippen molar-refractivity contribution in [2.75, 3.05) is 16.8 Å². The Balaban J connectivity index is 1.69. The number of carbonyl (C=O) groups excluding carboxylic acids is 1. The molecule has 2 heterocycles. The van der Waals surface area contributed by atoms with Crippen LogP contribution in [-0.2, 0) is 4.79 Å². The van der Waals surface area contributed by atoms with Crippen LogP contribution in [0.25, 0.3) is 0 Å². The van der Waals surface area contributed by atoms with Gasteiger partial charge in [0, 0.05) is 12.2 Å². The summed E-state index contributed by atoms with van der Waals surface area (Å²) < 4.78 is 0. The molecule has 7 nitrogen and oxygen atoms in total. The number of carbonyl (C=O) groups is 2. The lowest BCUT2D eigenvalue weighted by atomic mass is 10.2. The van der Waals surface area contributed by atoms with Gasteiger partial charge in [-0.25, -0.2) is 14.8 Å². The van der Waals surface area contributed by atoms with E-state index in [0.29, 0.717) is 18.8 Å². The molecule has 1 atom stereocenters. The Morgan fingerprint density at radius 3 is 2.61 bits per heavy atom. The van der Waals surface area contributed by atoms with Crippen molar-refractivity contribution in [3.8, 4) is 0 Å². The number of hydrogen-bond donors (Lipinski definition) is 2. The molecule has 1 saturated heterocycles. The summed E-state index contributed by atoms with van der Waals surface area (Å²) in [6.07, 6.45) is 3.14. The molecule has 1 aliphatic heterocycles. The topological polar surface area (TPSA) is 95.4 Å². The number of aromatic nitrogens is 2. The summed E-state index contributed by atoms with van der Waals surface area (Å²) >= 11 is 0. The zero-order valence-corrected chi connectivity index (χ0v) is 12.6. The third kappa shape index (κ3) is 3.13. The first-order valence-corrected chi connectivity index (χ1v) is 7.24. The number of carboxylic acids is 1. The molecule has 0 aliphatic carbocycles. The maximum atomic E-state index is 12.5. The predicted octanol–water partition coefficient (Wildman–Crippen LogP) is 1.70. The summed E-state index contributed by atoms with van der Waals surface area (Å²) in [5.41, 5.74) is 1.88. The van der Waals surface area contributed by atoms with Crippen LogP contribution in [-0.4, -0.2) is 39.5 Å². The third-order valence-electron chi connectivity index (χ3n) is 3.74. The third-order valence-corrected chi connectivity index (χ3v) is 3.74. The van der Waals surface area contributed by atoms with E-state index in [0.717, 1.165) is 11.3 Å². The van der Waals surface area contributed by atoms with Crippen molar-refractivity contribution < 1.29 is 14.7 Å². The van der Waals surface area contributed by atoms with Crippen molar-refractivity contribution in [2.24, 2.45) is 0 Å². The number of carboxylic acid groups (broad SMARTS) is 1. The average Bonchev–Trinajstić information content (AvgIpc) is 2.90. The van der Waals surface area contributed by atoms with E-state index in [1.165, 1.54) is 12.4 Å². The molecule has 2 N–H and O–H groups in total. The van der Waals surface area contributed by atoms with Crippen LogP contribution in [0.1, 0.15) is 22.5 Å². The van der Waals surface area contributed by atoms with Crippen LogP contribution in [0.2, 0.25) is 0 Å². The molecule has 7 heteroatoms. The summed E-state index contributed by atoms with van der Waals surface area (Å²) in [4.78, 5) is 32.7. The molecule has 1 aliphatic rings. The highest BCUT2D eigenvalue weighted by molar-refractivity contribution is 6.00. The summed E-state index contributed by atoms with van der Waals surface area (Å²) in [5, 5.41) is 11.8. The molecule has 2 aromatic rings. The fourth-order valence-electron chi connectivity index (χ4n) is 2.49. The molecule has 0 spiro atoms. The summed E-state index contributed by atoms with van der Waals surface area (Å²) in [6.45, 7) is 2.62. The smallest absolute Gasteiger partial charge is 0.356 e. The Morgan fingerprint density at radius 1 is 1.26 bits per heavy atom. The van der Waals surface area contributed by atoms with Crippen molar-refractivity contribution in [1.29, 1.82) is 0 Å². The first-order valence-electron chi connectivity index (χ1n) is 7.24. The van der Waals surface area contributed by atoms with Crippen molar-refractivity contribution in [1.82, 2.24) is 9.97 Å². The van der Waals surface area contributed by atoms with Crippen LogP contribution < -0.4 is 10.2 Å². The molecule has 1 aromatic carbocycles. The maximum Gasteiger partial charge on any atom is 0.356 e. The van der Waals surface area contributed by atoms with Crippen LogP contribution in [0, 0.1) is 6.92 Å². The second kappa shape index (κ2) is 6.04. The van der Waals surface area contributed by atoms with Crippen LogP contribution in [0.5, 0.6) is 0 Å². The molecule has 23 heavy (non-hydrogen) atoms. The van der Waals surface area contributed by atoms with Gasteiger partial charge in [-0.3, -0.25) is 4.79 Å². The Hall–Kier alpha value is -2.96. The van der Waals surface area contributed by atoms with Gasteiger partial charge in [-0.05, 0) is 25.5 Å². The number of rotatable bonds is 4. The first-order chi connectivity index (χ1) is 11.0. The van der Waals surface area contributed by atoms with Gasteiger partial charge in [0.1, 0.15) is 11.9 Å². The van der Waals surface area contributed by atoms with E-state index in [9.17, 15) is 9.59 Å². The average molecular weight is 312 g/mol. The zero-order chi connectivity index (χ0) is 16.4. The SMILES string of the molecule is Cc1ccc(N2CCC(Nc3cnc(C(=O)O)cn3)C2=O)cc1. The van der Waals surface area contributed by atoms with Gasteiger partial charge >= 0.3 is 5.97 Å². The number of nitrogens with one attached hydrogen (secondary N) is 1. The minimum atomic E-state index is -1.13. The predicted molar refractivity (Wildman–Crippen MR) is 84.6 cm³/mol. The molecule has 3 rings (SSSR count). The molecule has 0 radical (unpaired) electrons. The van der Waals surface area contributed by atoms with E-state index in [1.54, 1.807) is 4.90 Å². The van der Waals surface area contributed by atoms with Crippen molar-refractivity contribution in [3.05, 3.63) is 47.9 Å². The lowest BCUT2D eigenvalue weighted by Crippen LogP contribution is -2.33.